The van der Waals surface area contributed by atoms with Crippen LogP contribution < -0.4 is 5.32 Å². The van der Waals surface area contributed by atoms with Crippen molar-refractivity contribution in [2.24, 2.45) is 0 Å². The molecule has 0 aromatic heterocycles. The molecule has 1 aliphatic rings. The fourth-order valence-electron chi connectivity index (χ4n) is 1.78. The maximum absolute atomic E-state index is 13.1. The normalized spacial score (nSPS) is 26.4. The highest BCUT2D eigenvalue weighted by Crippen LogP contribution is 2.24. The minimum Gasteiger partial charge on any atom is -0.372 e. The van der Waals surface area contributed by atoms with Crippen LogP contribution >= 0.6 is 15.9 Å². The molecule has 1 aliphatic heterocycles. The van der Waals surface area contributed by atoms with Gasteiger partial charge in [-0.1, -0.05) is 6.07 Å². The van der Waals surface area contributed by atoms with E-state index in [0.717, 1.165) is 25.1 Å². The Labute approximate surface area is 103 Å². The second-order valence-corrected chi connectivity index (χ2v) is 4.99. The molecule has 88 valence electrons. The average Bonchev–Trinajstić information content (AvgIpc) is 2.47. The van der Waals surface area contributed by atoms with Gasteiger partial charge in [0.1, 0.15) is 5.82 Å². The first kappa shape index (κ1) is 12.0. The summed E-state index contributed by atoms with van der Waals surface area (Å²) in [6, 6.07) is 5.52. The number of ether oxygens (including phenoxy) is 1. The Morgan fingerprint density at radius 3 is 3.06 bits per heavy atom. The minimum absolute atomic E-state index is 0.0156. The molecular weight excluding hydrogens is 273 g/mol. The molecule has 1 N–H and O–H groups in total. The lowest BCUT2D eigenvalue weighted by Gasteiger charge is -2.16. The molecule has 2 unspecified atom stereocenters. The molecule has 1 aromatic rings. The van der Waals surface area contributed by atoms with E-state index in [9.17, 15) is 4.39 Å². The van der Waals surface area contributed by atoms with Gasteiger partial charge in [0.2, 0.25) is 0 Å². The summed E-state index contributed by atoms with van der Waals surface area (Å²) in [7, 11) is 0. The van der Waals surface area contributed by atoms with Gasteiger partial charge in [0.05, 0.1) is 10.6 Å². The molecule has 2 atom stereocenters. The standard InChI is InChI=1S/C12H15BrFNO/c1-8-4-5-16-12(7-15-8)9-2-3-11(14)10(13)6-9/h2-3,6,8,12,15H,4-5,7H2,1H3. The van der Waals surface area contributed by atoms with Gasteiger partial charge in [-0.05, 0) is 47.0 Å². The third-order valence-corrected chi connectivity index (χ3v) is 3.44. The van der Waals surface area contributed by atoms with Crippen LogP contribution in [-0.2, 0) is 4.74 Å². The second kappa shape index (κ2) is 5.25. The maximum atomic E-state index is 13.1. The quantitative estimate of drug-likeness (QED) is 0.857. The van der Waals surface area contributed by atoms with Gasteiger partial charge in [0.15, 0.2) is 0 Å². The molecule has 0 radical (unpaired) electrons. The monoisotopic (exact) mass is 287 g/mol. The van der Waals surface area contributed by atoms with Gasteiger partial charge in [0.25, 0.3) is 0 Å². The average molecular weight is 288 g/mol. The van der Waals surface area contributed by atoms with E-state index in [2.05, 4.69) is 28.2 Å². The van der Waals surface area contributed by atoms with Gasteiger partial charge < -0.3 is 10.1 Å². The van der Waals surface area contributed by atoms with E-state index in [1.165, 1.54) is 6.07 Å². The van der Waals surface area contributed by atoms with Crippen LogP contribution in [0.3, 0.4) is 0 Å². The van der Waals surface area contributed by atoms with Gasteiger partial charge >= 0.3 is 0 Å². The van der Waals surface area contributed by atoms with Crippen LogP contribution in [0.2, 0.25) is 0 Å². The first-order chi connectivity index (χ1) is 7.66. The topological polar surface area (TPSA) is 21.3 Å². The predicted molar refractivity (Wildman–Crippen MR) is 64.9 cm³/mol. The van der Waals surface area contributed by atoms with Crippen molar-refractivity contribution < 1.29 is 9.13 Å². The number of benzene rings is 1. The number of halogens is 2. The van der Waals surface area contributed by atoms with E-state index in [0.29, 0.717) is 10.5 Å². The lowest BCUT2D eigenvalue weighted by atomic mass is 10.1. The molecule has 0 saturated carbocycles. The molecule has 1 aromatic carbocycles. The second-order valence-electron chi connectivity index (χ2n) is 4.13. The van der Waals surface area contributed by atoms with Crippen LogP contribution in [0.5, 0.6) is 0 Å². The molecule has 2 nitrogen and oxygen atoms in total. The lowest BCUT2D eigenvalue weighted by Crippen LogP contribution is -2.27. The fraction of sp³-hybridized carbons (Fsp3) is 0.500. The zero-order valence-electron chi connectivity index (χ0n) is 9.17. The summed E-state index contributed by atoms with van der Waals surface area (Å²) in [5.41, 5.74) is 1.01. The summed E-state index contributed by atoms with van der Waals surface area (Å²) >= 11 is 3.19. The Hall–Kier alpha value is -0.450. The highest BCUT2D eigenvalue weighted by Gasteiger charge is 2.18. The molecule has 0 bridgehead atoms. The SMILES string of the molecule is CC1CCOC(c2ccc(F)c(Br)c2)CN1. The third-order valence-electron chi connectivity index (χ3n) is 2.84. The van der Waals surface area contributed by atoms with Crippen LogP contribution in [-0.4, -0.2) is 19.2 Å². The van der Waals surface area contributed by atoms with E-state index in [1.54, 1.807) is 12.1 Å². The van der Waals surface area contributed by atoms with E-state index in [-0.39, 0.29) is 11.9 Å². The fourth-order valence-corrected chi connectivity index (χ4v) is 2.18. The molecule has 2 rings (SSSR count). The molecular formula is C12H15BrFNO. The Balaban J connectivity index is 2.13. The Kier molecular flexibility index (Phi) is 3.95. The number of rotatable bonds is 1. The van der Waals surface area contributed by atoms with Crippen molar-refractivity contribution in [1.29, 1.82) is 0 Å². The van der Waals surface area contributed by atoms with E-state index in [4.69, 9.17) is 4.74 Å². The maximum Gasteiger partial charge on any atom is 0.137 e. The highest BCUT2D eigenvalue weighted by molar-refractivity contribution is 9.10. The van der Waals surface area contributed by atoms with Crippen LogP contribution in [0.1, 0.15) is 25.0 Å². The van der Waals surface area contributed by atoms with Crippen molar-refractivity contribution in [3.8, 4) is 0 Å². The van der Waals surface area contributed by atoms with Gasteiger partial charge in [0, 0.05) is 19.2 Å². The third kappa shape index (κ3) is 2.81. The van der Waals surface area contributed by atoms with Crippen molar-refractivity contribution in [3.63, 3.8) is 0 Å². The summed E-state index contributed by atoms with van der Waals surface area (Å²) in [6.45, 7) is 3.67. The van der Waals surface area contributed by atoms with Crippen molar-refractivity contribution in [2.45, 2.75) is 25.5 Å². The number of hydrogen-bond donors (Lipinski definition) is 1. The Morgan fingerprint density at radius 2 is 2.31 bits per heavy atom. The minimum atomic E-state index is -0.237. The summed E-state index contributed by atoms with van der Waals surface area (Å²) in [4.78, 5) is 0. The van der Waals surface area contributed by atoms with Crippen LogP contribution in [0.25, 0.3) is 0 Å². The summed E-state index contributed by atoms with van der Waals surface area (Å²) in [6.07, 6.45) is 1.03. The van der Waals surface area contributed by atoms with Gasteiger partial charge in [-0.25, -0.2) is 4.39 Å². The van der Waals surface area contributed by atoms with Gasteiger partial charge in [-0.3, -0.25) is 0 Å². The zero-order valence-corrected chi connectivity index (χ0v) is 10.8. The smallest absolute Gasteiger partial charge is 0.137 e. The molecule has 16 heavy (non-hydrogen) atoms. The number of nitrogens with one attached hydrogen (secondary N) is 1. The first-order valence-electron chi connectivity index (χ1n) is 5.47. The van der Waals surface area contributed by atoms with Crippen molar-refractivity contribution >= 4 is 15.9 Å². The van der Waals surface area contributed by atoms with Crippen molar-refractivity contribution in [3.05, 3.63) is 34.1 Å². The Morgan fingerprint density at radius 1 is 1.50 bits per heavy atom. The van der Waals surface area contributed by atoms with Gasteiger partial charge in [-0.15, -0.1) is 0 Å². The largest absolute Gasteiger partial charge is 0.372 e. The highest BCUT2D eigenvalue weighted by atomic mass is 79.9. The zero-order chi connectivity index (χ0) is 11.5. The van der Waals surface area contributed by atoms with Crippen molar-refractivity contribution in [2.75, 3.05) is 13.2 Å². The van der Waals surface area contributed by atoms with E-state index < -0.39 is 0 Å². The van der Waals surface area contributed by atoms with Crippen LogP contribution in [0.4, 0.5) is 4.39 Å². The lowest BCUT2D eigenvalue weighted by molar-refractivity contribution is 0.0664. The van der Waals surface area contributed by atoms with Crippen LogP contribution in [0.15, 0.2) is 22.7 Å². The molecule has 1 saturated heterocycles. The molecule has 1 heterocycles. The summed E-state index contributed by atoms with van der Waals surface area (Å²) < 4.78 is 19.3. The molecule has 4 heteroatoms. The molecule has 0 aliphatic carbocycles. The Bertz CT molecular complexity index is 372. The van der Waals surface area contributed by atoms with E-state index >= 15 is 0 Å². The molecule has 0 amide bonds. The van der Waals surface area contributed by atoms with Crippen LogP contribution in [0, 0.1) is 5.82 Å². The molecule has 1 fully saturated rings. The molecule has 0 spiro atoms. The first-order valence-corrected chi connectivity index (χ1v) is 6.26. The van der Waals surface area contributed by atoms with E-state index in [1.807, 2.05) is 0 Å². The predicted octanol–water partition coefficient (Wildman–Crippen LogP) is 3.03. The van der Waals surface area contributed by atoms with Crippen molar-refractivity contribution in [1.82, 2.24) is 5.32 Å². The number of hydrogen-bond acceptors (Lipinski definition) is 2. The van der Waals surface area contributed by atoms with Gasteiger partial charge in [-0.2, -0.15) is 0 Å². The summed E-state index contributed by atoms with van der Waals surface area (Å²) in [5, 5.41) is 3.39. The summed E-state index contributed by atoms with van der Waals surface area (Å²) in [5.74, 6) is -0.237.